The minimum atomic E-state index is -4.09. The number of methoxy groups -OCH3 is 1. The van der Waals surface area contributed by atoms with Crippen molar-refractivity contribution in [2.75, 3.05) is 30.5 Å². The molecule has 42 heavy (non-hydrogen) atoms. The molecule has 2 aliphatic heterocycles. The normalized spacial score (nSPS) is 20.8. The van der Waals surface area contributed by atoms with Crippen LogP contribution in [-0.4, -0.2) is 78.8 Å². The van der Waals surface area contributed by atoms with Crippen molar-refractivity contribution in [3.63, 3.8) is 0 Å². The van der Waals surface area contributed by atoms with E-state index >= 15 is 0 Å². The Bertz CT molecular complexity index is 1440. The van der Waals surface area contributed by atoms with Crippen molar-refractivity contribution in [1.82, 2.24) is 10.2 Å². The molecule has 11 nitrogen and oxygen atoms in total. The molecule has 1 fully saturated rings. The van der Waals surface area contributed by atoms with Gasteiger partial charge in [0.2, 0.25) is 15.9 Å². The molecule has 15 heteroatoms. The van der Waals surface area contributed by atoms with Crippen LogP contribution in [-0.2, 0) is 25.4 Å². The fourth-order valence-electron chi connectivity index (χ4n) is 4.86. The lowest BCUT2D eigenvalue weighted by atomic mass is 10.1. The van der Waals surface area contributed by atoms with E-state index in [0.29, 0.717) is 36.6 Å². The molecule has 4 atom stereocenters. The van der Waals surface area contributed by atoms with Gasteiger partial charge in [0.15, 0.2) is 0 Å². The zero-order chi connectivity index (χ0) is 30.6. The Labute approximate surface area is 258 Å². The van der Waals surface area contributed by atoms with E-state index in [4.69, 9.17) is 21.5 Å². The van der Waals surface area contributed by atoms with E-state index in [1.807, 2.05) is 31.2 Å². The zero-order valence-corrected chi connectivity index (χ0v) is 26.2. The van der Waals surface area contributed by atoms with Gasteiger partial charge in [0.1, 0.15) is 16.7 Å². The Morgan fingerprint density at radius 3 is 2.60 bits per heavy atom. The van der Waals surface area contributed by atoms with Gasteiger partial charge in [0.25, 0.3) is 5.91 Å². The highest BCUT2D eigenvalue weighted by molar-refractivity contribution is 8.00. The highest BCUT2D eigenvalue weighted by Crippen LogP contribution is 2.33. The monoisotopic (exact) mass is 656 g/mol. The standard InChI is InChI=1S/C27H33ClN4O7S3/c1-15(13-40-14-16-3-5-17(39-2)6-4-16)26(34)32-12-18(9-22(32)27(35)36)41-8-7-24-30-21-11-20(28)23(42(29,37)38)10-19(21)25(33)31-24/h3-6,10-11,15,18,22,24,30H,7-9,12-14H2,1-2H3,(H,31,33)(H,35,36)(H2,29,37,38)/t15?,18?,22-,24?/m0/s1. The lowest BCUT2D eigenvalue weighted by molar-refractivity contribution is -0.149. The SMILES string of the molecule is COc1ccc(CSCC(C)C(=O)N2CC(SCCC3NC(=O)c4cc(S(N)(=O)=O)c(Cl)cc4N3)C[C@H]2C(=O)O)cc1. The van der Waals surface area contributed by atoms with E-state index in [2.05, 4.69) is 10.6 Å². The maximum absolute atomic E-state index is 13.2. The van der Waals surface area contributed by atoms with E-state index in [-0.39, 0.29) is 32.6 Å². The number of anilines is 1. The Balaban J connectivity index is 1.27. The number of hydrogen-bond acceptors (Lipinski definition) is 9. The number of likely N-dealkylation sites (tertiary alicyclic amines) is 1. The van der Waals surface area contributed by atoms with Gasteiger partial charge in [-0.2, -0.15) is 23.5 Å². The predicted molar refractivity (Wildman–Crippen MR) is 165 cm³/mol. The number of ether oxygens (including phenoxy) is 1. The van der Waals surface area contributed by atoms with Crippen LogP contribution in [0.1, 0.15) is 35.7 Å². The molecule has 1 saturated heterocycles. The van der Waals surface area contributed by atoms with Gasteiger partial charge >= 0.3 is 5.97 Å². The number of benzene rings is 2. The van der Waals surface area contributed by atoms with Gasteiger partial charge < -0.3 is 25.4 Å². The maximum Gasteiger partial charge on any atom is 0.326 e. The molecule has 2 heterocycles. The minimum Gasteiger partial charge on any atom is -0.497 e. The molecular weight excluding hydrogens is 624 g/mol. The molecule has 2 aromatic rings. The number of halogens is 1. The number of sulfonamides is 1. The number of nitrogens with zero attached hydrogens (tertiary/aromatic N) is 1. The molecule has 0 spiro atoms. The largest absolute Gasteiger partial charge is 0.497 e. The topological polar surface area (TPSA) is 168 Å². The summed E-state index contributed by atoms with van der Waals surface area (Å²) < 4.78 is 28.6. The van der Waals surface area contributed by atoms with Crippen molar-refractivity contribution >= 4 is 68.6 Å². The number of carbonyl (C=O) groups is 3. The summed E-state index contributed by atoms with van der Waals surface area (Å²) in [4.78, 5) is 39.0. The molecule has 0 radical (unpaired) electrons. The fraction of sp³-hybridized carbons (Fsp3) is 0.444. The Morgan fingerprint density at radius 2 is 1.95 bits per heavy atom. The van der Waals surface area contributed by atoms with Crippen molar-refractivity contribution < 1.29 is 32.6 Å². The summed E-state index contributed by atoms with van der Waals surface area (Å²) in [6.07, 6.45) is 0.410. The summed E-state index contributed by atoms with van der Waals surface area (Å²) in [6.45, 7) is 2.17. The van der Waals surface area contributed by atoms with Crippen molar-refractivity contribution in [3.05, 3.63) is 52.5 Å². The molecule has 0 bridgehead atoms. The summed E-state index contributed by atoms with van der Waals surface area (Å²) in [7, 11) is -2.48. The van der Waals surface area contributed by atoms with Crippen LogP contribution in [0, 0.1) is 5.92 Å². The molecule has 2 aromatic carbocycles. The van der Waals surface area contributed by atoms with Gasteiger partial charge in [-0.1, -0.05) is 30.7 Å². The van der Waals surface area contributed by atoms with Gasteiger partial charge in [-0.25, -0.2) is 18.4 Å². The van der Waals surface area contributed by atoms with Crippen LogP contribution < -0.4 is 20.5 Å². The molecule has 4 rings (SSSR count). The molecule has 0 saturated carbocycles. The number of hydrogen-bond donors (Lipinski definition) is 4. The third kappa shape index (κ3) is 7.84. The van der Waals surface area contributed by atoms with Crippen LogP contribution in [0.4, 0.5) is 5.69 Å². The average molecular weight is 657 g/mol. The van der Waals surface area contributed by atoms with Crippen LogP contribution >= 0.6 is 35.1 Å². The number of rotatable bonds is 12. The molecule has 5 N–H and O–H groups in total. The van der Waals surface area contributed by atoms with Crippen LogP contribution in [0.25, 0.3) is 0 Å². The van der Waals surface area contributed by atoms with Gasteiger partial charge in [-0.15, -0.1) is 0 Å². The first-order valence-corrected chi connectivity index (χ1v) is 17.3. The second kappa shape index (κ2) is 13.8. The number of amides is 2. The Kier molecular flexibility index (Phi) is 10.6. The smallest absolute Gasteiger partial charge is 0.326 e. The highest BCUT2D eigenvalue weighted by Gasteiger charge is 2.41. The number of nitrogens with one attached hydrogen (secondary N) is 2. The van der Waals surface area contributed by atoms with Crippen molar-refractivity contribution in [2.45, 2.75) is 47.9 Å². The van der Waals surface area contributed by atoms with E-state index < -0.39 is 34.1 Å². The summed E-state index contributed by atoms with van der Waals surface area (Å²) in [5, 5.41) is 20.8. The van der Waals surface area contributed by atoms with E-state index in [1.54, 1.807) is 30.6 Å². The van der Waals surface area contributed by atoms with Crippen LogP contribution in [0.15, 0.2) is 41.3 Å². The van der Waals surface area contributed by atoms with E-state index in [9.17, 15) is 27.9 Å². The molecule has 2 amide bonds. The van der Waals surface area contributed by atoms with Crippen LogP contribution in [0.5, 0.6) is 5.75 Å². The van der Waals surface area contributed by atoms with Gasteiger partial charge in [-0.05, 0) is 48.4 Å². The number of carbonyl (C=O) groups excluding carboxylic acids is 2. The lowest BCUT2D eigenvalue weighted by Gasteiger charge is -2.28. The first kappa shape index (κ1) is 32.3. The summed E-state index contributed by atoms with van der Waals surface area (Å²) in [5.41, 5.74) is 1.64. The first-order chi connectivity index (χ1) is 19.9. The van der Waals surface area contributed by atoms with Crippen LogP contribution in [0.2, 0.25) is 5.02 Å². The van der Waals surface area contributed by atoms with Crippen molar-refractivity contribution in [2.24, 2.45) is 11.1 Å². The molecule has 0 aromatic heterocycles. The van der Waals surface area contributed by atoms with Gasteiger partial charge in [0.05, 0.1) is 29.5 Å². The maximum atomic E-state index is 13.2. The second-order valence-electron chi connectivity index (χ2n) is 10.2. The zero-order valence-electron chi connectivity index (χ0n) is 23.0. The molecular formula is C27H33ClN4O7S3. The van der Waals surface area contributed by atoms with E-state index in [1.165, 1.54) is 11.0 Å². The number of carboxylic acid groups (broad SMARTS) is 1. The molecule has 3 unspecified atom stereocenters. The number of fused-ring (bicyclic) bond motifs is 1. The number of aliphatic carboxylic acids is 1. The van der Waals surface area contributed by atoms with Crippen LogP contribution in [0.3, 0.4) is 0 Å². The molecule has 228 valence electrons. The molecule has 0 aliphatic carbocycles. The van der Waals surface area contributed by atoms with Gasteiger partial charge in [-0.3, -0.25) is 9.59 Å². The van der Waals surface area contributed by atoms with Gasteiger partial charge in [0, 0.05) is 29.2 Å². The third-order valence-corrected chi connectivity index (χ3v) is 11.0. The summed E-state index contributed by atoms with van der Waals surface area (Å²) in [5.74, 6) is 0.706. The number of carboxylic acids is 1. The highest BCUT2D eigenvalue weighted by atomic mass is 35.5. The second-order valence-corrected chi connectivity index (χ2v) is 14.5. The fourth-order valence-corrected chi connectivity index (χ4v) is 8.29. The predicted octanol–water partition coefficient (Wildman–Crippen LogP) is 3.22. The molecule has 2 aliphatic rings. The summed E-state index contributed by atoms with van der Waals surface area (Å²) in [6, 6.07) is 9.38. The number of nitrogens with two attached hydrogens (primary N) is 1. The average Bonchev–Trinajstić information content (AvgIpc) is 3.36. The number of primary sulfonamides is 1. The Morgan fingerprint density at radius 1 is 1.24 bits per heavy atom. The minimum absolute atomic E-state index is 0.0625. The van der Waals surface area contributed by atoms with E-state index in [0.717, 1.165) is 23.1 Å². The quantitative estimate of drug-likeness (QED) is 0.266. The van der Waals surface area contributed by atoms with Crippen molar-refractivity contribution in [1.29, 1.82) is 0 Å². The Hall–Kier alpha value is -2.65. The first-order valence-electron chi connectivity index (χ1n) is 13.2. The third-order valence-electron chi connectivity index (χ3n) is 7.07. The van der Waals surface area contributed by atoms with Crippen molar-refractivity contribution in [3.8, 4) is 5.75 Å². The lowest BCUT2D eigenvalue weighted by Crippen LogP contribution is -2.45. The number of thioether (sulfide) groups is 2. The summed E-state index contributed by atoms with van der Waals surface area (Å²) >= 11 is 9.26.